The first-order valence-electron chi connectivity index (χ1n) is 8.64. The highest BCUT2D eigenvalue weighted by molar-refractivity contribution is 7.14. The molecule has 1 aromatic heterocycles. The molecule has 0 aliphatic heterocycles. The quantitative estimate of drug-likeness (QED) is 0.555. The first kappa shape index (κ1) is 20.1. The van der Waals surface area contributed by atoms with E-state index in [0.717, 1.165) is 22.5 Å². The molecule has 3 aromatic rings. The van der Waals surface area contributed by atoms with Crippen molar-refractivity contribution in [1.82, 2.24) is 0 Å². The number of benzene rings is 2. The highest BCUT2D eigenvalue weighted by Crippen LogP contribution is 2.29. The van der Waals surface area contributed by atoms with Gasteiger partial charge in [-0.3, -0.25) is 9.59 Å². The predicted molar refractivity (Wildman–Crippen MR) is 110 cm³/mol. The van der Waals surface area contributed by atoms with Gasteiger partial charge in [-0.1, -0.05) is 48.5 Å². The number of hydrogen-bond acceptors (Lipinski definition) is 6. The molecule has 0 aliphatic rings. The maximum atomic E-state index is 11.9. The average molecular weight is 410 g/mol. The Balaban J connectivity index is 1.51. The molecule has 0 saturated heterocycles. The molecule has 8 heteroatoms. The van der Waals surface area contributed by atoms with Crippen molar-refractivity contribution < 1.29 is 23.9 Å². The molecule has 0 aliphatic carbocycles. The number of nitrogens with one attached hydrogen (secondary N) is 1. The summed E-state index contributed by atoms with van der Waals surface area (Å²) in [5.74, 6) is -1.38. The third kappa shape index (κ3) is 5.43. The van der Waals surface area contributed by atoms with Crippen LogP contribution in [0, 0.1) is 0 Å². The standard InChI is InChI=1S/C21H18N2O5S/c22-20(26)16-10-11-29-21(16)23-18(24)12-28-19(25)13-27-17-9-5-4-8-15(17)14-6-2-1-3-7-14/h1-11H,12-13H2,(H2,22,26)(H,23,24). The van der Waals surface area contributed by atoms with Crippen LogP contribution < -0.4 is 15.8 Å². The number of para-hydroxylation sites is 1. The molecular weight excluding hydrogens is 392 g/mol. The monoisotopic (exact) mass is 410 g/mol. The summed E-state index contributed by atoms with van der Waals surface area (Å²) in [5, 5.41) is 4.43. The first-order chi connectivity index (χ1) is 14.0. The van der Waals surface area contributed by atoms with Gasteiger partial charge in [0, 0.05) is 5.56 Å². The summed E-state index contributed by atoms with van der Waals surface area (Å²) in [6, 6.07) is 18.5. The summed E-state index contributed by atoms with van der Waals surface area (Å²) in [6.45, 7) is -0.846. The van der Waals surface area contributed by atoms with E-state index in [2.05, 4.69) is 5.32 Å². The van der Waals surface area contributed by atoms with E-state index in [1.54, 1.807) is 17.5 Å². The van der Waals surface area contributed by atoms with Crippen molar-refractivity contribution in [2.75, 3.05) is 18.5 Å². The Morgan fingerprint density at radius 3 is 2.41 bits per heavy atom. The molecule has 29 heavy (non-hydrogen) atoms. The second-order valence-corrected chi connectivity index (χ2v) is 6.80. The van der Waals surface area contributed by atoms with Crippen LogP contribution in [0.4, 0.5) is 5.00 Å². The average Bonchev–Trinajstić information content (AvgIpc) is 3.20. The van der Waals surface area contributed by atoms with E-state index in [0.29, 0.717) is 10.8 Å². The van der Waals surface area contributed by atoms with E-state index in [1.807, 2.05) is 42.5 Å². The summed E-state index contributed by atoms with van der Waals surface area (Å²) < 4.78 is 10.5. The first-order valence-corrected chi connectivity index (χ1v) is 9.52. The highest BCUT2D eigenvalue weighted by atomic mass is 32.1. The molecular formula is C21H18N2O5S. The number of anilines is 1. The van der Waals surface area contributed by atoms with Crippen molar-refractivity contribution in [3.8, 4) is 16.9 Å². The Kier molecular flexibility index (Phi) is 6.59. The van der Waals surface area contributed by atoms with Crippen LogP contribution in [-0.2, 0) is 14.3 Å². The van der Waals surface area contributed by atoms with Crippen molar-refractivity contribution in [2.24, 2.45) is 5.73 Å². The van der Waals surface area contributed by atoms with Crippen molar-refractivity contribution in [3.63, 3.8) is 0 Å². The molecule has 148 valence electrons. The van der Waals surface area contributed by atoms with Gasteiger partial charge in [0.1, 0.15) is 10.8 Å². The SMILES string of the molecule is NC(=O)c1ccsc1NC(=O)COC(=O)COc1ccccc1-c1ccccc1. The minimum absolute atomic E-state index is 0.204. The topological polar surface area (TPSA) is 108 Å². The number of thiophene rings is 1. The fourth-order valence-corrected chi connectivity index (χ4v) is 3.34. The molecule has 3 rings (SSSR count). The summed E-state index contributed by atoms with van der Waals surface area (Å²) in [6.07, 6.45) is 0. The minimum Gasteiger partial charge on any atom is -0.481 e. The lowest BCUT2D eigenvalue weighted by Gasteiger charge is -2.11. The van der Waals surface area contributed by atoms with Crippen LogP contribution in [0.2, 0.25) is 0 Å². The molecule has 0 unspecified atom stereocenters. The van der Waals surface area contributed by atoms with Crippen LogP contribution in [0.5, 0.6) is 5.75 Å². The molecule has 2 aromatic carbocycles. The zero-order chi connectivity index (χ0) is 20.6. The molecule has 0 atom stereocenters. The summed E-state index contributed by atoms with van der Waals surface area (Å²) in [5.41, 5.74) is 7.22. The van der Waals surface area contributed by atoms with Gasteiger partial charge in [0.15, 0.2) is 13.2 Å². The maximum absolute atomic E-state index is 11.9. The molecule has 0 bridgehead atoms. The number of amides is 2. The molecule has 0 saturated carbocycles. The normalized spacial score (nSPS) is 10.2. The Labute approximate surface area is 171 Å². The summed E-state index contributed by atoms with van der Waals surface area (Å²) >= 11 is 1.15. The molecule has 0 radical (unpaired) electrons. The number of ether oxygens (including phenoxy) is 2. The van der Waals surface area contributed by atoms with Gasteiger partial charge < -0.3 is 20.5 Å². The van der Waals surface area contributed by atoms with Crippen LogP contribution in [0.1, 0.15) is 10.4 Å². The Morgan fingerprint density at radius 2 is 1.66 bits per heavy atom. The fraction of sp³-hybridized carbons (Fsp3) is 0.0952. The second-order valence-electron chi connectivity index (χ2n) is 5.89. The Hall–Kier alpha value is -3.65. The smallest absolute Gasteiger partial charge is 0.344 e. The largest absolute Gasteiger partial charge is 0.481 e. The van der Waals surface area contributed by atoms with Crippen molar-refractivity contribution >= 4 is 34.1 Å². The number of carbonyl (C=O) groups excluding carboxylic acids is 3. The molecule has 3 N–H and O–H groups in total. The van der Waals surface area contributed by atoms with Gasteiger partial charge in [-0.15, -0.1) is 11.3 Å². The van der Waals surface area contributed by atoms with Gasteiger partial charge >= 0.3 is 5.97 Å². The molecule has 7 nitrogen and oxygen atoms in total. The lowest BCUT2D eigenvalue weighted by Crippen LogP contribution is -2.24. The Morgan fingerprint density at radius 1 is 0.931 bits per heavy atom. The fourth-order valence-electron chi connectivity index (χ4n) is 2.54. The van der Waals surface area contributed by atoms with E-state index in [9.17, 15) is 14.4 Å². The number of nitrogens with two attached hydrogens (primary N) is 1. The van der Waals surface area contributed by atoms with Crippen LogP contribution in [-0.4, -0.2) is 31.0 Å². The maximum Gasteiger partial charge on any atom is 0.344 e. The van der Waals surface area contributed by atoms with Crippen LogP contribution in [0.25, 0.3) is 11.1 Å². The van der Waals surface area contributed by atoms with Gasteiger partial charge in [0.2, 0.25) is 0 Å². The molecule has 0 fully saturated rings. The third-order valence-electron chi connectivity index (χ3n) is 3.87. The molecule has 1 heterocycles. The van der Waals surface area contributed by atoms with Crippen LogP contribution >= 0.6 is 11.3 Å². The molecule has 0 spiro atoms. The van der Waals surface area contributed by atoms with Gasteiger partial charge in [-0.25, -0.2) is 4.79 Å². The Bertz CT molecular complexity index is 1020. The van der Waals surface area contributed by atoms with Gasteiger partial charge in [-0.2, -0.15) is 0 Å². The third-order valence-corrected chi connectivity index (χ3v) is 4.70. The zero-order valence-electron chi connectivity index (χ0n) is 15.3. The number of rotatable bonds is 8. The lowest BCUT2D eigenvalue weighted by atomic mass is 10.1. The number of hydrogen-bond donors (Lipinski definition) is 2. The van der Waals surface area contributed by atoms with Crippen molar-refractivity contribution in [1.29, 1.82) is 0 Å². The predicted octanol–water partition coefficient (Wildman–Crippen LogP) is 3.07. The number of esters is 1. The minimum atomic E-state index is -0.690. The van der Waals surface area contributed by atoms with Gasteiger partial charge in [0.25, 0.3) is 11.8 Å². The van der Waals surface area contributed by atoms with E-state index in [-0.39, 0.29) is 12.2 Å². The van der Waals surface area contributed by atoms with Crippen LogP contribution in [0.15, 0.2) is 66.0 Å². The summed E-state index contributed by atoms with van der Waals surface area (Å²) in [4.78, 5) is 35.1. The van der Waals surface area contributed by atoms with E-state index in [1.165, 1.54) is 6.07 Å². The van der Waals surface area contributed by atoms with E-state index in [4.69, 9.17) is 15.2 Å². The van der Waals surface area contributed by atoms with Gasteiger partial charge in [0.05, 0.1) is 5.56 Å². The van der Waals surface area contributed by atoms with Crippen molar-refractivity contribution in [3.05, 3.63) is 71.6 Å². The second kappa shape index (κ2) is 9.52. The van der Waals surface area contributed by atoms with Gasteiger partial charge in [-0.05, 0) is 23.1 Å². The van der Waals surface area contributed by atoms with E-state index >= 15 is 0 Å². The lowest BCUT2D eigenvalue weighted by molar-refractivity contribution is -0.149. The van der Waals surface area contributed by atoms with E-state index < -0.39 is 24.4 Å². The zero-order valence-corrected chi connectivity index (χ0v) is 16.1. The summed E-state index contributed by atoms with van der Waals surface area (Å²) in [7, 11) is 0. The number of carbonyl (C=O) groups is 3. The highest BCUT2D eigenvalue weighted by Gasteiger charge is 2.15. The van der Waals surface area contributed by atoms with Crippen LogP contribution in [0.3, 0.4) is 0 Å². The molecule has 2 amide bonds. The number of primary amides is 1. The van der Waals surface area contributed by atoms with Crippen molar-refractivity contribution in [2.45, 2.75) is 0 Å².